The van der Waals surface area contributed by atoms with Crippen molar-refractivity contribution in [3.05, 3.63) is 30.4 Å². The number of rotatable bonds is 8. The molecule has 0 bridgehead atoms. The molecule has 1 N–H and O–H groups in total. The van der Waals surface area contributed by atoms with Crippen LogP contribution in [0.25, 0.3) is 11.4 Å². The molecule has 0 unspecified atom stereocenters. The van der Waals surface area contributed by atoms with Crippen LogP contribution in [0.3, 0.4) is 0 Å². The van der Waals surface area contributed by atoms with E-state index in [0.717, 1.165) is 5.56 Å². The quantitative estimate of drug-likeness (QED) is 0.597. The van der Waals surface area contributed by atoms with E-state index in [2.05, 4.69) is 20.6 Å². The number of hydrogen-bond acceptors (Lipinski definition) is 7. The minimum absolute atomic E-state index is 0.0995. The number of nitrogens with one attached hydrogen (secondary N) is 1. The number of ether oxygens (including phenoxy) is 1. The van der Waals surface area contributed by atoms with E-state index >= 15 is 0 Å². The molecule has 0 aromatic carbocycles. The molecule has 10 heteroatoms. The molecule has 1 amide bonds. The van der Waals surface area contributed by atoms with Crippen LogP contribution in [0, 0.1) is 0 Å². The van der Waals surface area contributed by atoms with E-state index in [0.29, 0.717) is 35.7 Å². The summed E-state index contributed by atoms with van der Waals surface area (Å²) in [6, 6.07) is 3.60. The number of furan rings is 1. The molecule has 9 nitrogen and oxygen atoms in total. The van der Waals surface area contributed by atoms with Gasteiger partial charge in [0.15, 0.2) is 11.0 Å². The summed E-state index contributed by atoms with van der Waals surface area (Å²) in [7, 11) is 3.38. The Bertz CT molecular complexity index is 871. The van der Waals surface area contributed by atoms with E-state index in [1.54, 1.807) is 24.1 Å². The van der Waals surface area contributed by atoms with Crippen LogP contribution in [0.2, 0.25) is 0 Å². The second-order valence-corrected chi connectivity index (χ2v) is 6.36. The van der Waals surface area contributed by atoms with Crippen LogP contribution in [0.15, 0.2) is 34.2 Å². The van der Waals surface area contributed by atoms with Crippen molar-refractivity contribution in [2.45, 2.75) is 25.2 Å². The molecular formula is C16H20N6O3S. The van der Waals surface area contributed by atoms with Crippen molar-refractivity contribution in [3.63, 3.8) is 0 Å². The Morgan fingerprint density at radius 3 is 2.96 bits per heavy atom. The first-order valence-electron chi connectivity index (χ1n) is 8.05. The van der Waals surface area contributed by atoms with Gasteiger partial charge in [0, 0.05) is 19.8 Å². The van der Waals surface area contributed by atoms with Crippen LogP contribution in [0.5, 0.6) is 5.88 Å². The van der Waals surface area contributed by atoms with Crippen LogP contribution < -0.4 is 10.1 Å². The molecule has 0 aliphatic rings. The Labute approximate surface area is 154 Å². The fraction of sp³-hybridized carbons (Fsp3) is 0.375. The normalized spacial score (nSPS) is 10.9. The van der Waals surface area contributed by atoms with Gasteiger partial charge in [-0.3, -0.25) is 9.48 Å². The van der Waals surface area contributed by atoms with Crippen LogP contribution in [0.1, 0.15) is 12.7 Å². The number of hydrogen-bond donors (Lipinski definition) is 1. The van der Waals surface area contributed by atoms with Gasteiger partial charge in [0.2, 0.25) is 11.8 Å². The SMILES string of the molecule is CCn1c(SCC(=O)NCc2ccco2)nnc1-c1cn(C)nc1OC. The maximum Gasteiger partial charge on any atom is 0.243 e. The highest BCUT2D eigenvalue weighted by atomic mass is 32.2. The molecule has 0 saturated carbocycles. The van der Waals surface area contributed by atoms with E-state index in [4.69, 9.17) is 9.15 Å². The minimum atomic E-state index is -0.0995. The van der Waals surface area contributed by atoms with Crippen LogP contribution >= 0.6 is 11.8 Å². The topological polar surface area (TPSA) is 100 Å². The lowest BCUT2D eigenvalue weighted by atomic mass is 10.3. The zero-order valence-corrected chi connectivity index (χ0v) is 15.6. The monoisotopic (exact) mass is 376 g/mol. The summed E-state index contributed by atoms with van der Waals surface area (Å²) in [6.45, 7) is 3.03. The summed E-state index contributed by atoms with van der Waals surface area (Å²) < 4.78 is 14.1. The van der Waals surface area contributed by atoms with Gasteiger partial charge < -0.3 is 19.0 Å². The maximum atomic E-state index is 12.0. The van der Waals surface area contributed by atoms with Gasteiger partial charge in [-0.1, -0.05) is 11.8 Å². The highest BCUT2D eigenvalue weighted by molar-refractivity contribution is 7.99. The third-order valence-corrected chi connectivity index (χ3v) is 4.60. The Hall–Kier alpha value is -2.75. The lowest BCUT2D eigenvalue weighted by molar-refractivity contribution is -0.118. The van der Waals surface area contributed by atoms with E-state index in [1.807, 2.05) is 30.8 Å². The number of amides is 1. The number of thioether (sulfide) groups is 1. The molecule has 0 aliphatic carbocycles. The summed E-state index contributed by atoms with van der Waals surface area (Å²) in [5.74, 6) is 2.00. The number of aryl methyl sites for hydroxylation is 1. The third-order valence-electron chi connectivity index (χ3n) is 3.63. The molecule has 0 atom stereocenters. The average Bonchev–Trinajstić information content (AvgIpc) is 3.36. The zero-order valence-electron chi connectivity index (χ0n) is 14.8. The molecule has 0 saturated heterocycles. The first-order valence-corrected chi connectivity index (χ1v) is 9.04. The van der Waals surface area contributed by atoms with Crippen LogP contribution in [0.4, 0.5) is 0 Å². The maximum absolute atomic E-state index is 12.0. The molecule has 0 fully saturated rings. The van der Waals surface area contributed by atoms with Crippen LogP contribution in [-0.4, -0.2) is 43.3 Å². The van der Waals surface area contributed by atoms with Crippen molar-refractivity contribution in [1.82, 2.24) is 29.9 Å². The first kappa shape index (κ1) is 18.1. The second kappa shape index (κ2) is 8.09. The fourth-order valence-corrected chi connectivity index (χ4v) is 3.26. The number of carbonyl (C=O) groups excluding carboxylic acids is 1. The highest BCUT2D eigenvalue weighted by Crippen LogP contribution is 2.29. The fourth-order valence-electron chi connectivity index (χ4n) is 2.43. The van der Waals surface area contributed by atoms with E-state index < -0.39 is 0 Å². The molecule has 0 aliphatic heterocycles. The second-order valence-electron chi connectivity index (χ2n) is 5.42. The number of aromatic nitrogens is 5. The average molecular weight is 376 g/mol. The van der Waals surface area contributed by atoms with Gasteiger partial charge in [0.1, 0.15) is 11.3 Å². The Balaban J connectivity index is 1.67. The number of nitrogens with zero attached hydrogens (tertiary/aromatic N) is 5. The molecular weight excluding hydrogens is 356 g/mol. The lowest BCUT2D eigenvalue weighted by Gasteiger charge is -2.07. The van der Waals surface area contributed by atoms with Crippen molar-refractivity contribution >= 4 is 17.7 Å². The molecule has 0 radical (unpaired) electrons. The van der Waals surface area contributed by atoms with Gasteiger partial charge in [-0.2, -0.15) is 0 Å². The molecule has 3 heterocycles. The predicted octanol–water partition coefficient (Wildman–Crippen LogP) is 1.71. The van der Waals surface area contributed by atoms with Gasteiger partial charge in [-0.25, -0.2) is 0 Å². The third kappa shape index (κ3) is 3.90. The van der Waals surface area contributed by atoms with Crippen molar-refractivity contribution in [3.8, 4) is 17.3 Å². The number of carbonyl (C=O) groups is 1. The molecule has 0 spiro atoms. The lowest BCUT2D eigenvalue weighted by Crippen LogP contribution is -2.24. The molecule has 26 heavy (non-hydrogen) atoms. The van der Waals surface area contributed by atoms with Gasteiger partial charge in [-0.05, 0) is 19.1 Å². The summed E-state index contributed by atoms with van der Waals surface area (Å²) >= 11 is 1.33. The standard InChI is InChI=1S/C16H20N6O3S/c1-4-22-14(12-9-21(2)20-15(12)24-3)18-19-16(22)26-10-13(23)17-8-11-6-5-7-25-11/h5-7,9H,4,8,10H2,1-3H3,(H,17,23). The van der Waals surface area contributed by atoms with Gasteiger partial charge >= 0.3 is 0 Å². The van der Waals surface area contributed by atoms with Crippen molar-refractivity contribution < 1.29 is 13.9 Å². The van der Waals surface area contributed by atoms with Crippen molar-refractivity contribution in [2.24, 2.45) is 7.05 Å². The Morgan fingerprint density at radius 1 is 1.42 bits per heavy atom. The molecule has 3 rings (SSSR count). The number of methoxy groups -OCH3 is 1. The summed E-state index contributed by atoms with van der Waals surface area (Å²) in [4.78, 5) is 12.0. The summed E-state index contributed by atoms with van der Waals surface area (Å²) in [5.41, 5.74) is 0.762. The minimum Gasteiger partial charge on any atom is -0.479 e. The van der Waals surface area contributed by atoms with E-state index in [1.165, 1.54) is 11.8 Å². The zero-order chi connectivity index (χ0) is 18.5. The molecule has 3 aromatic rings. The smallest absolute Gasteiger partial charge is 0.243 e. The summed E-state index contributed by atoms with van der Waals surface area (Å²) in [5, 5.41) is 16.2. The molecule has 138 valence electrons. The first-order chi connectivity index (χ1) is 12.6. The van der Waals surface area contributed by atoms with Gasteiger partial charge in [-0.15, -0.1) is 15.3 Å². The Morgan fingerprint density at radius 2 is 2.27 bits per heavy atom. The van der Waals surface area contributed by atoms with Crippen molar-refractivity contribution in [1.29, 1.82) is 0 Å². The largest absolute Gasteiger partial charge is 0.479 e. The van der Waals surface area contributed by atoms with Gasteiger partial charge in [0.25, 0.3) is 0 Å². The van der Waals surface area contributed by atoms with Crippen molar-refractivity contribution in [2.75, 3.05) is 12.9 Å². The summed E-state index contributed by atoms with van der Waals surface area (Å²) in [6.07, 6.45) is 3.41. The Kier molecular flexibility index (Phi) is 5.61. The van der Waals surface area contributed by atoms with E-state index in [-0.39, 0.29) is 11.7 Å². The van der Waals surface area contributed by atoms with E-state index in [9.17, 15) is 4.79 Å². The predicted molar refractivity (Wildman–Crippen MR) is 95.7 cm³/mol. The van der Waals surface area contributed by atoms with Crippen LogP contribution in [-0.2, 0) is 24.9 Å². The van der Waals surface area contributed by atoms with Gasteiger partial charge in [0.05, 0.1) is 25.7 Å². The highest BCUT2D eigenvalue weighted by Gasteiger charge is 2.20. The molecule has 3 aromatic heterocycles.